The third-order valence-electron chi connectivity index (χ3n) is 4.56. The maximum absolute atomic E-state index is 3.79. The molecule has 1 aliphatic heterocycles. The van der Waals surface area contributed by atoms with E-state index in [-0.39, 0.29) is 0 Å². The molecule has 0 saturated carbocycles. The molecule has 0 radical (unpaired) electrons. The van der Waals surface area contributed by atoms with E-state index >= 15 is 0 Å². The predicted octanol–water partition coefficient (Wildman–Crippen LogP) is 3.98. The van der Waals surface area contributed by atoms with Crippen LogP contribution in [0.4, 0.5) is 0 Å². The minimum Gasteiger partial charge on any atom is -0.311 e. The molecule has 1 aromatic rings. The fourth-order valence-corrected chi connectivity index (χ4v) is 3.92. The van der Waals surface area contributed by atoms with Crippen LogP contribution in [0.3, 0.4) is 0 Å². The molecule has 0 bridgehead atoms. The fraction of sp³-hybridized carbons (Fsp3) is 0.765. The molecule has 0 amide bonds. The van der Waals surface area contributed by atoms with Gasteiger partial charge in [-0.15, -0.1) is 0 Å². The summed E-state index contributed by atoms with van der Waals surface area (Å²) in [4.78, 5) is 2.72. The maximum Gasteiger partial charge on any atom is 0.0250 e. The van der Waals surface area contributed by atoms with Gasteiger partial charge in [-0.25, -0.2) is 0 Å². The molecular weight excluding hydrogens is 264 g/mol. The molecule has 2 heterocycles. The number of hydrogen-bond donors (Lipinski definition) is 1. The van der Waals surface area contributed by atoms with Gasteiger partial charge in [0, 0.05) is 31.7 Å². The Morgan fingerprint density at radius 2 is 2.20 bits per heavy atom. The number of nitrogens with zero attached hydrogens (tertiary/aromatic N) is 1. The van der Waals surface area contributed by atoms with Crippen LogP contribution in [0.5, 0.6) is 0 Å². The number of thiophene rings is 1. The van der Waals surface area contributed by atoms with Gasteiger partial charge in [-0.1, -0.05) is 34.1 Å². The van der Waals surface area contributed by atoms with Crippen molar-refractivity contribution in [1.29, 1.82) is 0 Å². The number of nitrogens with one attached hydrogen (secondary N) is 1. The van der Waals surface area contributed by atoms with Crippen LogP contribution in [0, 0.1) is 11.8 Å². The third kappa shape index (κ3) is 4.31. The zero-order valence-corrected chi connectivity index (χ0v) is 14.2. The molecular formula is C17H30N2S. The number of hydrogen-bond acceptors (Lipinski definition) is 3. The van der Waals surface area contributed by atoms with Crippen molar-refractivity contribution in [2.75, 3.05) is 13.1 Å². The average Bonchev–Trinajstić information content (AvgIpc) is 2.90. The van der Waals surface area contributed by atoms with Gasteiger partial charge in [0.2, 0.25) is 0 Å². The highest BCUT2D eigenvalue weighted by atomic mass is 32.1. The average molecular weight is 295 g/mol. The van der Waals surface area contributed by atoms with Crippen molar-refractivity contribution in [1.82, 2.24) is 10.2 Å². The van der Waals surface area contributed by atoms with E-state index in [0.717, 1.165) is 24.9 Å². The Morgan fingerprint density at radius 3 is 2.80 bits per heavy atom. The van der Waals surface area contributed by atoms with E-state index in [4.69, 9.17) is 0 Å². The molecule has 3 atom stereocenters. The molecule has 3 unspecified atom stereocenters. The van der Waals surface area contributed by atoms with E-state index in [9.17, 15) is 0 Å². The molecule has 114 valence electrons. The standard InChI is InChI=1S/C17H30N2S/c1-5-14(4)17-9-18-16(8-13(2)3)11-19(17)10-15-6-7-20-12-15/h6-7,12-14,16-18H,5,8-11H2,1-4H3. The highest BCUT2D eigenvalue weighted by molar-refractivity contribution is 7.07. The Hall–Kier alpha value is -0.380. The Kier molecular flexibility index (Phi) is 6.06. The minimum atomic E-state index is 0.661. The van der Waals surface area contributed by atoms with Crippen molar-refractivity contribution in [3.63, 3.8) is 0 Å². The van der Waals surface area contributed by atoms with Crippen molar-refractivity contribution in [2.45, 2.75) is 59.2 Å². The molecule has 1 aromatic heterocycles. The van der Waals surface area contributed by atoms with Crippen LogP contribution in [-0.2, 0) is 6.54 Å². The van der Waals surface area contributed by atoms with Crippen LogP contribution in [0.15, 0.2) is 16.8 Å². The van der Waals surface area contributed by atoms with Gasteiger partial charge in [0.05, 0.1) is 0 Å². The zero-order chi connectivity index (χ0) is 14.5. The Morgan fingerprint density at radius 1 is 1.40 bits per heavy atom. The number of rotatable bonds is 6. The van der Waals surface area contributed by atoms with Gasteiger partial charge in [0.1, 0.15) is 0 Å². The lowest BCUT2D eigenvalue weighted by atomic mass is 9.92. The van der Waals surface area contributed by atoms with E-state index in [1.807, 2.05) is 11.3 Å². The van der Waals surface area contributed by atoms with Crippen LogP contribution in [0.1, 0.15) is 46.1 Å². The van der Waals surface area contributed by atoms with E-state index in [2.05, 4.69) is 54.7 Å². The van der Waals surface area contributed by atoms with E-state index < -0.39 is 0 Å². The molecule has 1 fully saturated rings. The van der Waals surface area contributed by atoms with Gasteiger partial charge >= 0.3 is 0 Å². The lowest BCUT2D eigenvalue weighted by molar-refractivity contribution is 0.0788. The van der Waals surface area contributed by atoms with Crippen molar-refractivity contribution in [2.24, 2.45) is 11.8 Å². The smallest absolute Gasteiger partial charge is 0.0250 e. The molecule has 0 aliphatic carbocycles. The Labute approximate surface area is 128 Å². The summed E-state index contributed by atoms with van der Waals surface area (Å²) in [7, 11) is 0. The summed E-state index contributed by atoms with van der Waals surface area (Å²) in [6.45, 7) is 12.8. The summed E-state index contributed by atoms with van der Waals surface area (Å²) in [5.74, 6) is 1.54. The van der Waals surface area contributed by atoms with Gasteiger partial charge in [-0.3, -0.25) is 4.90 Å². The van der Waals surface area contributed by atoms with Crippen molar-refractivity contribution < 1.29 is 0 Å². The molecule has 0 spiro atoms. The highest BCUT2D eigenvalue weighted by Gasteiger charge is 2.30. The van der Waals surface area contributed by atoms with Crippen LogP contribution in [-0.4, -0.2) is 30.1 Å². The first-order chi connectivity index (χ1) is 9.60. The molecule has 1 N–H and O–H groups in total. The first-order valence-electron chi connectivity index (χ1n) is 8.08. The molecule has 1 saturated heterocycles. The second kappa shape index (κ2) is 7.58. The fourth-order valence-electron chi connectivity index (χ4n) is 3.26. The lowest BCUT2D eigenvalue weighted by Crippen LogP contribution is -2.58. The van der Waals surface area contributed by atoms with E-state index in [1.165, 1.54) is 24.9 Å². The first-order valence-corrected chi connectivity index (χ1v) is 9.03. The van der Waals surface area contributed by atoms with Crippen LogP contribution in [0.2, 0.25) is 0 Å². The monoisotopic (exact) mass is 294 g/mol. The minimum absolute atomic E-state index is 0.661. The molecule has 1 aliphatic rings. The maximum atomic E-state index is 3.79. The summed E-state index contributed by atoms with van der Waals surface area (Å²) in [6, 6.07) is 3.62. The predicted molar refractivity (Wildman–Crippen MR) is 89.2 cm³/mol. The summed E-state index contributed by atoms with van der Waals surface area (Å²) >= 11 is 1.81. The molecule has 20 heavy (non-hydrogen) atoms. The quantitative estimate of drug-likeness (QED) is 0.853. The second-order valence-electron chi connectivity index (χ2n) is 6.75. The van der Waals surface area contributed by atoms with Gasteiger partial charge in [0.25, 0.3) is 0 Å². The van der Waals surface area contributed by atoms with Gasteiger partial charge in [0.15, 0.2) is 0 Å². The van der Waals surface area contributed by atoms with Crippen molar-refractivity contribution in [3.05, 3.63) is 22.4 Å². The molecule has 0 aromatic carbocycles. The molecule has 3 heteroatoms. The molecule has 2 rings (SSSR count). The van der Waals surface area contributed by atoms with Gasteiger partial charge in [-0.05, 0) is 40.6 Å². The summed E-state index contributed by atoms with van der Waals surface area (Å²) < 4.78 is 0. The Balaban J connectivity index is 2.02. The van der Waals surface area contributed by atoms with Crippen LogP contribution >= 0.6 is 11.3 Å². The van der Waals surface area contributed by atoms with Crippen LogP contribution < -0.4 is 5.32 Å². The van der Waals surface area contributed by atoms with Crippen molar-refractivity contribution in [3.8, 4) is 0 Å². The lowest BCUT2D eigenvalue weighted by Gasteiger charge is -2.43. The Bertz CT molecular complexity index is 374. The van der Waals surface area contributed by atoms with E-state index in [0.29, 0.717) is 12.1 Å². The third-order valence-corrected chi connectivity index (χ3v) is 5.29. The van der Waals surface area contributed by atoms with Gasteiger partial charge in [-0.2, -0.15) is 11.3 Å². The first kappa shape index (κ1) is 16.0. The van der Waals surface area contributed by atoms with Crippen LogP contribution in [0.25, 0.3) is 0 Å². The van der Waals surface area contributed by atoms with Gasteiger partial charge < -0.3 is 5.32 Å². The second-order valence-corrected chi connectivity index (χ2v) is 7.53. The summed E-state index contributed by atoms with van der Waals surface area (Å²) in [5, 5.41) is 8.28. The summed E-state index contributed by atoms with van der Waals surface area (Å²) in [6.07, 6.45) is 2.55. The summed E-state index contributed by atoms with van der Waals surface area (Å²) in [5.41, 5.74) is 1.48. The largest absolute Gasteiger partial charge is 0.311 e. The highest BCUT2D eigenvalue weighted by Crippen LogP contribution is 2.23. The normalized spacial score (nSPS) is 26.1. The molecule has 2 nitrogen and oxygen atoms in total. The topological polar surface area (TPSA) is 15.3 Å². The zero-order valence-electron chi connectivity index (χ0n) is 13.4. The van der Waals surface area contributed by atoms with E-state index in [1.54, 1.807) is 0 Å². The number of piperazine rings is 1. The van der Waals surface area contributed by atoms with Crippen molar-refractivity contribution >= 4 is 11.3 Å². The SMILES string of the molecule is CCC(C)C1CNC(CC(C)C)CN1Cc1ccsc1.